The minimum Gasteiger partial charge on any atom is -0.330 e. The van der Waals surface area contributed by atoms with Crippen LogP contribution in [0.5, 0.6) is 0 Å². The molecular weight excluding hydrogens is 267 g/mol. The van der Waals surface area contributed by atoms with Crippen LogP contribution in [0.15, 0.2) is 42.7 Å². The van der Waals surface area contributed by atoms with E-state index in [1.54, 1.807) is 0 Å². The van der Waals surface area contributed by atoms with Gasteiger partial charge in [0.2, 0.25) is 0 Å². The second-order valence-corrected chi connectivity index (χ2v) is 4.63. The van der Waals surface area contributed by atoms with Gasteiger partial charge in [-0.05, 0) is 18.5 Å². The van der Waals surface area contributed by atoms with E-state index in [2.05, 4.69) is 5.10 Å². The van der Waals surface area contributed by atoms with Crippen LogP contribution >= 0.6 is 0 Å². The molecule has 0 radical (unpaired) electrons. The van der Waals surface area contributed by atoms with Crippen molar-refractivity contribution in [3.63, 3.8) is 0 Å². The molecule has 0 aliphatic carbocycles. The van der Waals surface area contributed by atoms with Crippen molar-refractivity contribution in [2.45, 2.75) is 25.1 Å². The van der Waals surface area contributed by atoms with Crippen molar-refractivity contribution in [1.29, 1.82) is 0 Å². The molecule has 0 aliphatic rings. The molecule has 1 unspecified atom stereocenters. The standard InChI is InChI=1S/C14H16F3N3/c15-14(16,17)13(6-7-18)12-8-19-20(10-12)9-11-4-2-1-3-5-11/h1-5,8,10,13H,6-7,9,18H2. The number of hydrogen-bond acceptors (Lipinski definition) is 2. The number of rotatable bonds is 5. The van der Waals surface area contributed by atoms with Gasteiger partial charge in [-0.1, -0.05) is 30.3 Å². The van der Waals surface area contributed by atoms with Crippen LogP contribution in [0.1, 0.15) is 23.5 Å². The first kappa shape index (κ1) is 14.6. The van der Waals surface area contributed by atoms with Gasteiger partial charge in [-0.25, -0.2) is 0 Å². The molecule has 1 aromatic heterocycles. The Labute approximate surface area is 115 Å². The second kappa shape index (κ2) is 6.09. The molecule has 1 heterocycles. The summed E-state index contributed by atoms with van der Waals surface area (Å²) >= 11 is 0. The van der Waals surface area contributed by atoms with Gasteiger partial charge in [0.1, 0.15) is 0 Å². The highest BCUT2D eigenvalue weighted by Gasteiger charge is 2.40. The molecular formula is C14H16F3N3. The second-order valence-electron chi connectivity index (χ2n) is 4.63. The van der Waals surface area contributed by atoms with E-state index in [0.29, 0.717) is 6.54 Å². The molecule has 3 nitrogen and oxygen atoms in total. The highest BCUT2D eigenvalue weighted by molar-refractivity contribution is 5.17. The Morgan fingerprint density at radius 1 is 1.20 bits per heavy atom. The summed E-state index contributed by atoms with van der Waals surface area (Å²) in [5, 5.41) is 4.00. The Bertz CT molecular complexity index is 534. The SMILES string of the molecule is NCCC(c1cnn(Cc2ccccc2)c1)C(F)(F)F. The van der Waals surface area contributed by atoms with E-state index in [9.17, 15) is 13.2 Å². The van der Waals surface area contributed by atoms with E-state index in [-0.39, 0.29) is 18.5 Å². The van der Waals surface area contributed by atoms with Crippen molar-refractivity contribution in [3.05, 3.63) is 53.9 Å². The summed E-state index contributed by atoms with van der Waals surface area (Å²) < 4.78 is 40.3. The molecule has 2 N–H and O–H groups in total. The van der Waals surface area contributed by atoms with Gasteiger partial charge in [0, 0.05) is 11.8 Å². The van der Waals surface area contributed by atoms with Crippen molar-refractivity contribution in [2.24, 2.45) is 5.73 Å². The van der Waals surface area contributed by atoms with Crippen molar-refractivity contribution < 1.29 is 13.2 Å². The molecule has 0 amide bonds. The first-order valence-corrected chi connectivity index (χ1v) is 6.34. The van der Waals surface area contributed by atoms with E-state index >= 15 is 0 Å². The third-order valence-corrected chi connectivity index (χ3v) is 3.09. The lowest BCUT2D eigenvalue weighted by molar-refractivity contribution is -0.151. The number of alkyl halides is 3. The fourth-order valence-corrected chi connectivity index (χ4v) is 2.10. The molecule has 2 aromatic rings. The van der Waals surface area contributed by atoms with Gasteiger partial charge in [-0.3, -0.25) is 4.68 Å². The maximum Gasteiger partial charge on any atom is 0.395 e. The van der Waals surface area contributed by atoms with E-state index < -0.39 is 12.1 Å². The zero-order chi connectivity index (χ0) is 14.6. The topological polar surface area (TPSA) is 43.8 Å². The monoisotopic (exact) mass is 283 g/mol. The van der Waals surface area contributed by atoms with Crippen LogP contribution in [0.2, 0.25) is 0 Å². The number of hydrogen-bond donors (Lipinski definition) is 1. The highest BCUT2D eigenvalue weighted by atomic mass is 19.4. The van der Waals surface area contributed by atoms with Crippen LogP contribution in [0.25, 0.3) is 0 Å². The number of halogens is 3. The Balaban J connectivity index is 2.15. The van der Waals surface area contributed by atoms with Crippen LogP contribution in [0.3, 0.4) is 0 Å². The van der Waals surface area contributed by atoms with Crippen molar-refractivity contribution >= 4 is 0 Å². The first-order chi connectivity index (χ1) is 9.50. The normalized spacial score (nSPS) is 13.4. The third-order valence-electron chi connectivity index (χ3n) is 3.09. The number of nitrogens with two attached hydrogens (primary N) is 1. The Kier molecular flexibility index (Phi) is 4.44. The molecule has 1 aromatic carbocycles. The molecule has 20 heavy (non-hydrogen) atoms. The molecule has 0 spiro atoms. The zero-order valence-corrected chi connectivity index (χ0v) is 10.8. The lowest BCUT2D eigenvalue weighted by Crippen LogP contribution is -2.23. The van der Waals surface area contributed by atoms with Gasteiger partial charge < -0.3 is 5.73 Å². The van der Waals surface area contributed by atoms with Crippen LogP contribution in [-0.4, -0.2) is 22.5 Å². The number of aromatic nitrogens is 2. The summed E-state index contributed by atoms with van der Waals surface area (Å²) in [6.07, 6.45) is -1.70. The van der Waals surface area contributed by atoms with Gasteiger partial charge in [0.05, 0.1) is 18.7 Å². The van der Waals surface area contributed by atoms with Crippen molar-refractivity contribution in [3.8, 4) is 0 Å². The summed E-state index contributed by atoms with van der Waals surface area (Å²) in [5.74, 6) is -1.54. The van der Waals surface area contributed by atoms with Gasteiger partial charge in [-0.2, -0.15) is 18.3 Å². The molecule has 0 saturated heterocycles. The van der Waals surface area contributed by atoms with Crippen molar-refractivity contribution in [2.75, 3.05) is 6.54 Å². The summed E-state index contributed by atoms with van der Waals surface area (Å²) in [6, 6.07) is 9.46. The molecule has 6 heteroatoms. The van der Waals surface area contributed by atoms with Crippen LogP contribution in [-0.2, 0) is 6.54 Å². The Morgan fingerprint density at radius 3 is 2.50 bits per heavy atom. The van der Waals surface area contributed by atoms with E-state index in [0.717, 1.165) is 5.56 Å². The maximum atomic E-state index is 12.9. The Hall–Kier alpha value is -1.82. The maximum absolute atomic E-state index is 12.9. The van der Waals surface area contributed by atoms with Crippen LogP contribution in [0.4, 0.5) is 13.2 Å². The number of benzene rings is 1. The van der Waals surface area contributed by atoms with Crippen molar-refractivity contribution in [1.82, 2.24) is 9.78 Å². The molecule has 0 fully saturated rings. The van der Waals surface area contributed by atoms with Crippen LogP contribution < -0.4 is 5.73 Å². The van der Waals surface area contributed by atoms with E-state index in [4.69, 9.17) is 5.73 Å². The van der Waals surface area contributed by atoms with E-state index in [1.807, 2.05) is 30.3 Å². The number of nitrogens with zero attached hydrogens (tertiary/aromatic N) is 2. The molecule has 2 rings (SSSR count). The largest absolute Gasteiger partial charge is 0.395 e. The lowest BCUT2D eigenvalue weighted by atomic mass is 9.98. The molecule has 1 atom stereocenters. The summed E-state index contributed by atoms with van der Waals surface area (Å²) in [4.78, 5) is 0. The summed E-state index contributed by atoms with van der Waals surface area (Å²) in [6.45, 7) is 0.447. The third kappa shape index (κ3) is 3.60. The minimum atomic E-state index is -4.29. The fourth-order valence-electron chi connectivity index (χ4n) is 2.10. The van der Waals surface area contributed by atoms with Gasteiger partial charge in [0.25, 0.3) is 0 Å². The quantitative estimate of drug-likeness (QED) is 0.917. The fraction of sp³-hybridized carbons (Fsp3) is 0.357. The van der Waals surface area contributed by atoms with Gasteiger partial charge in [-0.15, -0.1) is 0 Å². The Morgan fingerprint density at radius 2 is 1.90 bits per heavy atom. The summed E-state index contributed by atoms with van der Waals surface area (Å²) in [7, 11) is 0. The predicted octanol–water partition coefficient (Wildman–Crippen LogP) is 2.93. The highest BCUT2D eigenvalue weighted by Crippen LogP contribution is 2.36. The molecule has 0 saturated carbocycles. The van der Waals surface area contributed by atoms with E-state index in [1.165, 1.54) is 17.1 Å². The lowest BCUT2D eigenvalue weighted by Gasteiger charge is -2.17. The predicted molar refractivity (Wildman–Crippen MR) is 70.2 cm³/mol. The van der Waals surface area contributed by atoms with Gasteiger partial charge >= 0.3 is 6.18 Å². The molecule has 0 bridgehead atoms. The average molecular weight is 283 g/mol. The minimum absolute atomic E-state index is 0.00591. The smallest absolute Gasteiger partial charge is 0.330 e. The van der Waals surface area contributed by atoms with Crippen LogP contribution in [0, 0.1) is 0 Å². The average Bonchev–Trinajstić information content (AvgIpc) is 2.84. The first-order valence-electron chi connectivity index (χ1n) is 6.34. The van der Waals surface area contributed by atoms with Gasteiger partial charge in [0.15, 0.2) is 0 Å². The summed E-state index contributed by atoms with van der Waals surface area (Å²) in [5.41, 5.74) is 6.42. The zero-order valence-electron chi connectivity index (χ0n) is 10.8. The molecule has 0 aliphatic heterocycles. The molecule has 108 valence electrons.